The number of carboxylic acids is 4. The third kappa shape index (κ3) is 7.81. The number of hydrogen-bond acceptors (Lipinski definition) is 7. The maximum atomic E-state index is 10.9. The van der Waals surface area contributed by atoms with E-state index in [1.54, 1.807) is 0 Å². The van der Waals surface area contributed by atoms with E-state index in [-0.39, 0.29) is 6.54 Å². The van der Waals surface area contributed by atoms with Gasteiger partial charge in [0.15, 0.2) is 0 Å². The highest BCUT2D eigenvalue weighted by atomic mass is 16.4. The van der Waals surface area contributed by atoms with Crippen LogP contribution in [-0.4, -0.2) is 75.5 Å². The van der Waals surface area contributed by atoms with Gasteiger partial charge < -0.3 is 36.8 Å². The monoisotopic (exact) mass is 307 g/mol. The van der Waals surface area contributed by atoms with Crippen LogP contribution in [0, 0.1) is 0 Å². The Kier molecular flexibility index (Phi) is 7.89. The van der Waals surface area contributed by atoms with Gasteiger partial charge in [0.05, 0.1) is 6.42 Å². The Morgan fingerprint density at radius 2 is 1.29 bits per heavy atom. The summed E-state index contributed by atoms with van der Waals surface area (Å²) in [4.78, 5) is 42.7. The van der Waals surface area contributed by atoms with Crippen LogP contribution >= 0.6 is 0 Å². The predicted octanol–water partition coefficient (Wildman–Crippen LogP) is -3.04. The number of carboxylic acid groups (broad SMARTS) is 4. The molecule has 0 spiro atoms. The van der Waals surface area contributed by atoms with E-state index < -0.39 is 55.0 Å². The number of nitrogens with two attached hydrogens (primary N) is 1. The van der Waals surface area contributed by atoms with Crippen LogP contribution in [-0.2, 0) is 19.2 Å². The SMILES string of the molecule is NC(CN[C@H](CN[C@@H](CC(=O)O)C(=O)O)C(=O)O)C(=O)O. The molecule has 11 heteroatoms. The fourth-order valence-electron chi connectivity index (χ4n) is 1.28. The Bertz CT molecular complexity index is 413. The second-order valence-corrected chi connectivity index (χ2v) is 4.14. The molecule has 0 heterocycles. The molecule has 0 saturated heterocycles. The smallest absolute Gasteiger partial charge is 0.322 e. The van der Waals surface area contributed by atoms with Crippen LogP contribution in [0.4, 0.5) is 0 Å². The molecule has 1 unspecified atom stereocenters. The number of aliphatic carboxylic acids is 4. The van der Waals surface area contributed by atoms with Crippen LogP contribution in [0.25, 0.3) is 0 Å². The molecular formula is C10H17N3O8. The molecule has 0 aromatic rings. The van der Waals surface area contributed by atoms with Crippen LogP contribution < -0.4 is 16.4 Å². The lowest BCUT2D eigenvalue weighted by atomic mass is 10.2. The minimum Gasteiger partial charge on any atom is -0.481 e. The zero-order valence-electron chi connectivity index (χ0n) is 10.9. The fourth-order valence-corrected chi connectivity index (χ4v) is 1.28. The third-order valence-electron chi connectivity index (χ3n) is 2.44. The van der Waals surface area contributed by atoms with E-state index in [0.29, 0.717) is 0 Å². The summed E-state index contributed by atoms with van der Waals surface area (Å²) >= 11 is 0. The van der Waals surface area contributed by atoms with Crippen molar-refractivity contribution in [2.75, 3.05) is 13.1 Å². The molecule has 0 saturated carbocycles. The Morgan fingerprint density at radius 1 is 0.810 bits per heavy atom. The predicted molar refractivity (Wildman–Crippen MR) is 66.7 cm³/mol. The molecule has 120 valence electrons. The van der Waals surface area contributed by atoms with Gasteiger partial charge in [-0.15, -0.1) is 0 Å². The average Bonchev–Trinajstić information content (AvgIpc) is 2.35. The lowest BCUT2D eigenvalue weighted by Gasteiger charge is -2.19. The first-order valence-corrected chi connectivity index (χ1v) is 5.77. The van der Waals surface area contributed by atoms with Gasteiger partial charge in [-0.25, -0.2) is 0 Å². The van der Waals surface area contributed by atoms with Gasteiger partial charge >= 0.3 is 23.9 Å². The third-order valence-corrected chi connectivity index (χ3v) is 2.44. The summed E-state index contributed by atoms with van der Waals surface area (Å²) in [6, 6.07) is -4.09. The van der Waals surface area contributed by atoms with Crippen LogP contribution in [0.1, 0.15) is 6.42 Å². The molecule has 0 aliphatic rings. The molecule has 0 aromatic heterocycles. The Balaban J connectivity index is 4.49. The van der Waals surface area contributed by atoms with E-state index in [4.69, 9.17) is 26.2 Å². The molecule has 0 fully saturated rings. The van der Waals surface area contributed by atoms with Gasteiger partial charge in [-0.3, -0.25) is 19.2 Å². The van der Waals surface area contributed by atoms with Crippen molar-refractivity contribution >= 4 is 23.9 Å². The summed E-state index contributed by atoms with van der Waals surface area (Å²) in [6.45, 7) is -0.753. The summed E-state index contributed by atoms with van der Waals surface area (Å²) < 4.78 is 0. The van der Waals surface area contributed by atoms with Crippen molar-refractivity contribution < 1.29 is 39.6 Å². The highest BCUT2D eigenvalue weighted by molar-refractivity contribution is 5.80. The van der Waals surface area contributed by atoms with E-state index in [2.05, 4.69) is 10.6 Å². The lowest BCUT2D eigenvalue weighted by Crippen LogP contribution is -2.53. The zero-order valence-corrected chi connectivity index (χ0v) is 10.9. The molecule has 0 bridgehead atoms. The van der Waals surface area contributed by atoms with Gasteiger partial charge in [0.25, 0.3) is 0 Å². The van der Waals surface area contributed by atoms with Gasteiger partial charge in [-0.1, -0.05) is 0 Å². The van der Waals surface area contributed by atoms with Crippen LogP contribution in [0.2, 0.25) is 0 Å². The van der Waals surface area contributed by atoms with Crippen LogP contribution in [0.3, 0.4) is 0 Å². The van der Waals surface area contributed by atoms with Crippen molar-refractivity contribution in [3.8, 4) is 0 Å². The van der Waals surface area contributed by atoms with Gasteiger partial charge in [-0.2, -0.15) is 0 Å². The molecule has 0 aromatic carbocycles. The van der Waals surface area contributed by atoms with Gasteiger partial charge in [-0.05, 0) is 0 Å². The van der Waals surface area contributed by atoms with Crippen molar-refractivity contribution in [1.29, 1.82) is 0 Å². The molecule has 0 radical (unpaired) electrons. The van der Waals surface area contributed by atoms with Crippen LogP contribution in [0.5, 0.6) is 0 Å². The second kappa shape index (κ2) is 8.84. The van der Waals surface area contributed by atoms with Crippen molar-refractivity contribution in [3.63, 3.8) is 0 Å². The second-order valence-electron chi connectivity index (χ2n) is 4.14. The quantitative estimate of drug-likeness (QED) is 0.204. The fraction of sp³-hybridized carbons (Fsp3) is 0.600. The molecule has 21 heavy (non-hydrogen) atoms. The van der Waals surface area contributed by atoms with E-state index in [9.17, 15) is 19.2 Å². The van der Waals surface area contributed by atoms with Gasteiger partial charge in [0, 0.05) is 13.1 Å². The number of hydrogen-bond donors (Lipinski definition) is 7. The normalized spacial score (nSPS) is 14.9. The first-order chi connectivity index (χ1) is 9.65. The van der Waals surface area contributed by atoms with Gasteiger partial charge in [0.2, 0.25) is 0 Å². The minimum atomic E-state index is -1.46. The van der Waals surface area contributed by atoms with E-state index >= 15 is 0 Å². The van der Waals surface area contributed by atoms with Crippen molar-refractivity contribution in [1.82, 2.24) is 10.6 Å². The maximum Gasteiger partial charge on any atom is 0.322 e. The highest BCUT2D eigenvalue weighted by Gasteiger charge is 2.25. The van der Waals surface area contributed by atoms with E-state index in [1.165, 1.54) is 0 Å². The Morgan fingerprint density at radius 3 is 1.67 bits per heavy atom. The average molecular weight is 307 g/mol. The number of rotatable bonds is 11. The first kappa shape index (κ1) is 18.8. The topological polar surface area (TPSA) is 199 Å². The van der Waals surface area contributed by atoms with E-state index in [0.717, 1.165) is 0 Å². The standard InChI is InChI=1S/C10H17N3O8/c11-4(8(16)17)2-12-6(10(20)21)3-13-5(9(18)19)1-7(14)15/h4-6,12-13H,1-3,11H2,(H,14,15)(H,16,17)(H,18,19)(H,20,21)/t4?,5-,6+/m0/s1. The summed E-state index contributed by atoms with van der Waals surface area (Å²) in [7, 11) is 0. The summed E-state index contributed by atoms with van der Waals surface area (Å²) in [5, 5.41) is 39.4. The molecule has 0 rings (SSSR count). The highest BCUT2D eigenvalue weighted by Crippen LogP contribution is 1.94. The summed E-state index contributed by atoms with van der Waals surface area (Å²) in [6.07, 6.45) is -0.726. The Labute approximate surface area is 118 Å². The van der Waals surface area contributed by atoms with Crippen molar-refractivity contribution in [2.24, 2.45) is 5.73 Å². The zero-order chi connectivity index (χ0) is 16.6. The molecule has 0 amide bonds. The first-order valence-electron chi connectivity index (χ1n) is 5.77. The Hall–Kier alpha value is -2.24. The number of carbonyl (C=O) groups is 4. The summed E-state index contributed by atoms with van der Waals surface area (Å²) in [5.41, 5.74) is 5.19. The molecule has 11 nitrogen and oxygen atoms in total. The number of nitrogens with one attached hydrogen (secondary N) is 2. The molecule has 0 aliphatic carbocycles. The van der Waals surface area contributed by atoms with E-state index in [1.807, 2.05) is 0 Å². The molecule has 8 N–H and O–H groups in total. The van der Waals surface area contributed by atoms with Crippen LogP contribution in [0.15, 0.2) is 0 Å². The van der Waals surface area contributed by atoms with Crippen molar-refractivity contribution in [2.45, 2.75) is 24.5 Å². The summed E-state index contributed by atoms with van der Waals surface area (Å²) in [5.74, 6) is -5.49. The molecule has 3 atom stereocenters. The van der Waals surface area contributed by atoms with Crippen molar-refractivity contribution in [3.05, 3.63) is 0 Å². The largest absolute Gasteiger partial charge is 0.481 e. The molecular weight excluding hydrogens is 290 g/mol. The minimum absolute atomic E-state index is 0.343. The molecule has 0 aliphatic heterocycles. The lowest BCUT2D eigenvalue weighted by molar-refractivity contribution is -0.146. The maximum absolute atomic E-state index is 10.9. The van der Waals surface area contributed by atoms with Gasteiger partial charge in [0.1, 0.15) is 18.1 Å².